The van der Waals surface area contributed by atoms with Crippen LogP contribution >= 0.6 is 0 Å². The lowest BCUT2D eigenvalue weighted by atomic mass is 10.1. The van der Waals surface area contributed by atoms with Gasteiger partial charge in [-0.3, -0.25) is 10.1 Å². The van der Waals surface area contributed by atoms with Crippen molar-refractivity contribution in [2.75, 3.05) is 0 Å². The quantitative estimate of drug-likeness (QED) is 0.595. The predicted octanol–water partition coefficient (Wildman–Crippen LogP) is 1.89. The summed E-state index contributed by atoms with van der Waals surface area (Å²) in [7, 11) is 0. The Morgan fingerprint density at radius 1 is 1.11 bits per heavy atom. The molecule has 0 atom stereocenters. The van der Waals surface area contributed by atoms with Gasteiger partial charge in [0.15, 0.2) is 0 Å². The van der Waals surface area contributed by atoms with Crippen LogP contribution in [-0.4, -0.2) is 11.9 Å². The van der Waals surface area contributed by atoms with E-state index in [-0.39, 0.29) is 11.3 Å². The van der Waals surface area contributed by atoms with Crippen LogP contribution < -0.4 is 10.6 Å². The van der Waals surface area contributed by atoms with E-state index in [0.717, 1.165) is 12.1 Å². The highest BCUT2D eigenvalue weighted by Crippen LogP contribution is 2.29. The Balaban J connectivity index is 2.33. The molecule has 4 nitrogen and oxygen atoms in total. The SMILES string of the molecule is O=C1NC(=O)/C(=C/c2cccc(C(F)(F)F)c2)N1. The van der Waals surface area contributed by atoms with E-state index in [2.05, 4.69) is 5.32 Å². The molecule has 3 amide bonds. The van der Waals surface area contributed by atoms with Gasteiger partial charge in [-0.25, -0.2) is 4.79 Å². The number of carbonyl (C=O) groups is 2. The zero-order valence-electron chi connectivity index (χ0n) is 8.84. The fourth-order valence-electron chi connectivity index (χ4n) is 1.45. The summed E-state index contributed by atoms with van der Waals surface area (Å²) < 4.78 is 37.4. The number of urea groups is 1. The van der Waals surface area contributed by atoms with Crippen LogP contribution in [-0.2, 0) is 11.0 Å². The fourth-order valence-corrected chi connectivity index (χ4v) is 1.45. The number of halogens is 3. The molecule has 0 radical (unpaired) electrons. The smallest absolute Gasteiger partial charge is 0.303 e. The number of rotatable bonds is 1. The summed E-state index contributed by atoms with van der Waals surface area (Å²) in [4.78, 5) is 22.0. The van der Waals surface area contributed by atoms with Crippen molar-refractivity contribution >= 4 is 18.0 Å². The van der Waals surface area contributed by atoms with Gasteiger partial charge in [0.2, 0.25) is 0 Å². The lowest BCUT2D eigenvalue weighted by Gasteiger charge is -2.06. The molecule has 0 unspecified atom stereocenters. The van der Waals surface area contributed by atoms with Gasteiger partial charge in [-0.05, 0) is 23.8 Å². The molecular weight excluding hydrogens is 249 g/mol. The summed E-state index contributed by atoms with van der Waals surface area (Å²) in [6.45, 7) is 0. The maximum atomic E-state index is 12.5. The summed E-state index contributed by atoms with van der Waals surface area (Å²) in [5, 5.41) is 4.14. The molecular formula is C11H7F3N2O2. The Hall–Kier alpha value is -2.31. The zero-order valence-corrected chi connectivity index (χ0v) is 8.84. The molecule has 1 fully saturated rings. The first-order valence-corrected chi connectivity index (χ1v) is 4.87. The molecule has 0 spiro atoms. The highest BCUT2D eigenvalue weighted by molar-refractivity contribution is 6.13. The number of carbonyl (C=O) groups excluding carboxylic acids is 2. The zero-order chi connectivity index (χ0) is 13.3. The number of hydrogen-bond acceptors (Lipinski definition) is 2. The first-order chi connectivity index (χ1) is 8.36. The van der Waals surface area contributed by atoms with E-state index in [0.29, 0.717) is 0 Å². The molecule has 2 rings (SSSR count). The van der Waals surface area contributed by atoms with Crippen molar-refractivity contribution < 1.29 is 22.8 Å². The second-order valence-electron chi connectivity index (χ2n) is 3.59. The van der Waals surface area contributed by atoms with Crippen molar-refractivity contribution in [2.24, 2.45) is 0 Å². The maximum absolute atomic E-state index is 12.5. The van der Waals surface area contributed by atoms with Gasteiger partial charge < -0.3 is 5.32 Å². The fraction of sp³-hybridized carbons (Fsp3) is 0.0909. The minimum Gasteiger partial charge on any atom is -0.303 e. The minimum atomic E-state index is -4.45. The molecule has 0 bridgehead atoms. The molecule has 0 aliphatic carbocycles. The van der Waals surface area contributed by atoms with Gasteiger partial charge in [0.05, 0.1) is 5.56 Å². The second-order valence-corrected chi connectivity index (χ2v) is 3.59. The van der Waals surface area contributed by atoms with Crippen molar-refractivity contribution in [2.45, 2.75) is 6.18 Å². The Kier molecular flexibility index (Phi) is 2.82. The van der Waals surface area contributed by atoms with Crippen molar-refractivity contribution in [1.29, 1.82) is 0 Å². The lowest BCUT2D eigenvalue weighted by molar-refractivity contribution is -0.137. The first kappa shape index (κ1) is 12.2. The average Bonchev–Trinajstić information content (AvgIpc) is 2.56. The molecule has 2 N–H and O–H groups in total. The van der Waals surface area contributed by atoms with Gasteiger partial charge >= 0.3 is 12.2 Å². The molecule has 7 heteroatoms. The minimum absolute atomic E-state index is 0.0840. The largest absolute Gasteiger partial charge is 0.416 e. The molecule has 0 aromatic heterocycles. The van der Waals surface area contributed by atoms with Gasteiger partial charge in [-0.2, -0.15) is 13.2 Å². The third-order valence-corrected chi connectivity index (χ3v) is 2.24. The van der Waals surface area contributed by atoms with E-state index >= 15 is 0 Å². The highest BCUT2D eigenvalue weighted by atomic mass is 19.4. The number of alkyl halides is 3. The molecule has 1 aliphatic heterocycles. The van der Waals surface area contributed by atoms with Gasteiger partial charge in [0.1, 0.15) is 5.70 Å². The van der Waals surface area contributed by atoms with Gasteiger partial charge in [-0.15, -0.1) is 0 Å². The molecule has 94 valence electrons. The molecule has 1 saturated heterocycles. The molecule has 1 heterocycles. The summed E-state index contributed by atoms with van der Waals surface area (Å²) in [6.07, 6.45) is -3.27. The van der Waals surface area contributed by atoms with Crippen LogP contribution in [0.5, 0.6) is 0 Å². The monoisotopic (exact) mass is 256 g/mol. The van der Waals surface area contributed by atoms with Crippen LogP contribution in [0.2, 0.25) is 0 Å². The summed E-state index contributed by atoms with van der Waals surface area (Å²) in [5.41, 5.74) is -0.724. The average molecular weight is 256 g/mol. The van der Waals surface area contributed by atoms with Gasteiger partial charge in [0.25, 0.3) is 5.91 Å². The van der Waals surface area contributed by atoms with Crippen LogP contribution in [0.25, 0.3) is 6.08 Å². The summed E-state index contributed by atoms with van der Waals surface area (Å²) in [6, 6.07) is 3.75. The van der Waals surface area contributed by atoms with Crippen molar-refractivity contribution in [3.8, 4) is 0 Å². The van der Waals surface area contributed by atoms with E-state index in [1.807, 2.05) is 5.32 Å². The number of benzene rings is 1. The van der Waals surface area contributed by atoms with Crippen LogP contribution in [0, 0.1) is 0 Å². The summed E-state index contributed by atoms with van der Waals surface area (Å²) >= 11 is 0. The van der Waals surface area contributed by atoms with Crippen molar-refractivity contribution in [1.82, 2.24) is 10.6 Å². The first-order valence-electron chi connectivity index (χ1n) is 4.87. The Morgan fingerprint density at radius 2 is 1.83 bits per heavy atom. The highest BCUT2D eigenvalue weighted by Gasteiger charge is 2.30. The third-order valence-electron chi connectivity index (χ3n) is 2.24. The molecule has 0 saturated carbocycles. The summed E-state index contributed by atoms with van der Waals surface area (Å²) in [5.74, 6) is -0.669. The van der Waals surface area contributed by atoms with Crippen LogP contribution in [0.3, 0.4) is 0 Å². The van der Waals surface area contributed by atoms with Crippen molar-refractivity contribution in [3.05, 3.63) is 41.1 Å². The van der Waals surface area contributed by atoms with E-state index in [1.54, 1.807) is 0 Å². The van der Waals surface area contributed by atoms with E-state index in [4.69, 9.17) is 0 Å². The van der Waals surface area contributed by atoms with Crippen LogP contribution in [0.1, 0.15) is 11.1 Å². The van der Waals surface area contributed by atoms with Crippen LogP contribution in [0.4, 0.5) is 18.0 Å². The molecule has 1 aliphatic rings. The predicted molar refractivity (Wildman–Crippen MR) is 56.1 cm³/mol. The van der Waals surface area contributed by atoms with E-state index < -0.39 is 23.7 Å². The van der Waals surface area contributed by atoms with Crippen LogP contribution in [0.15, 0.2) is 30.0 Å². The normalized spacial score (nSPS) is 17.8. The standard InChI is InChI=1S/C11H7F3N2O2/c12-11(13,14)7-3-1-2-6(4-7)5-8-9(17)16-10(18)15-8/h1-5H,(H2,15,16,17,18)/b8-5-. The number of imide groups is 1. The Labute approximate surface area is 99.5 Å². The van der Waals surface area contributed by atoms with E-state index in [9.17, 15) is 22.8 Å². The van der Waals surface area contributed by atoms with Crippen molar-refractivity contribution in [3.63, 3.8) is 0 Å². The second kappa shape index (κ2) is 4.17. The Bertz CT molecular complexity index is 549. The molecule has 18 heavy (non-hydrogen) atoms. The third kappa shape index (κ3) is 2.50. The maximum Gasteiger partial charge on any atom is 0.416 e. The number of amides is 3. The van der Waals surface area contributed by atoms with Gasteiger partial charge in [-0.1, -0.05) is 12.1 Å². The van der Waals surface area contributed by atoms with E-state index in [1.165, 1.54) is 18.2 Å². The topological polar surface area (TPSA) is 58.2 Å². The number of hydrogen-bond donors (Lipinski definition) is 2. The lowest BCUT2D eigenvalue weighted by Crippen LogP contribution is -2.22. The molecule has 1 aromatic carbocycles. The number of nitrogens with one attached hydrogen (secondary N) is 2. The Morgan fingerprint density at radius 3 is 2.39 bits per heavy atom. The molecule has 1 aromatic rings. The van der Waals surface area contributed by atoms with Gasteiger partial charge in [0, 0.05) is 0 Å².